The molecule has 28 heavy (non-hydrogen) atoms. The second-order valence-corrected chi connectivity index (χ2v) is 6.83. The number of nitrogens with one attached hydrogen (secondary N) is 1. The quantitative estimate of drug-likeness (QED) is 0.733. The molecule has 1 fully saturated rings. The number of anilines is 1. The van der Waals surface area contributed by atoms with Gasteiger partial charge in [0.05, 0.1) is 5.56 Å². The minimum absolute atomic E-state index is 0.0874. The number of fused-ring (bicyclic) bond motifs is 1. The number of hydrogen-bond donors (Lipinski definition) is 1. The predicted octanol–water partition coefficient (Wildman–Crippen LogP) is 4.26. The summed E-state index contributed by atoms with van der Waals surface area (Å²) in [5, 5.41) is 4.92. The zero-order valence-corrected chi connectivity index (χ0v) is 14.9. The number of carbonyl (C=O) groups is 1. The van der Waals surface area contributed by atoms with Crippen LogP contribution in [0.4, 0.5) is 19.0 Å². The number of aromatic nitrogens is 1. The van der Waals surface area contributed by atoms with Crippen molar-refractivity contribution < 1.29 is 18.0 Å². The van der Waals surface area contributed by atoms with Crippen LogP contribution in [0.1, 0.15) is 22.3 Å². The highest BCUT2D eigenvalue weighted by Crippen LogP contribution is 2.30. The minimum Gasteiger partial charge on any atom is -0.354 e. The lowest BCUT2D eigenvalue weighted by atomic mass is 10.0. The average molecular weight is 385 g/mol. The molecule has 1 aliphatic rings. The Morgan fingerprint density at radius 3 is 2.61 bits per heavy atom. The lowest BCUT2D eigenvalue weighted by Crippen LogP contribution is -2.37. The summed E-state index contributed by atoms with van der Waals surface area (Å²) < 4.78 is 38.0. The number of rotatable bonds is 3. The number of carbonyl (C=O) groups excluding carboxylic acids is 1. The van der Waals surface area contributed by atoms with Crippen LogP contribution >= 0.6 is 0 Å². The van der Waals surface area contributed by atoms with Gasteiger partial charge >= 0.3 is 6.18 Å². The van der Waals surface area contributed by atoms with Gasteiger partial charge in [-0.3, -0.25) is 4.79 Å². The Kier molecular flexibility index (Phi) is 4.66. The molecular weight excluding hydrogens is 367 g/mol. The van der Waals surface area contributed by atoms with Gasteiger partial charge in [-0.15, -0.1) is 0 Å². The summed E-state index contributed by atoms with van der Waals surface area (Å²) in [4.78, 5) is 18.6. The molecular formula is C21H18F3N3O. The van der Waals surface area contributed by atoms with E-state index in [0.29, 0.717) is 30.9 Å². The molecule has 4 rings (SSSR count). The molecule has 1 N–H and O–H groups in total. The summed E-state index contributed by atoms with van der Waals surface area (Å²) in [6.07, 6.45) is -2.85. The number of hydrogen-bond acceptors (Lipinski definition) is 3. The number of alkyl halides is 3. The predicted molar refractivity (Wildman–Crippen MR) is 101 cm³/mol. The maximum atomic E-state index is 12.7. The van der Waals surface area contributed by atoms with Gasteiger partial charge in [0.1, 0.15) is 5.82 Å². The number of nitrogens with zero attached hydrogens (tertiary/aromatic N) is 2. The third-order valence-corrected chi connectivity index (χ3v) is 4.96. The molecule has 1 aliphatic heterocycles. The normalized spacial score (nSPS) is 17.1. The van der Waals surface area contributed by atoms with Crippen LogP contribution in [0.3, 0.4) is 0 Å². The van der Waals surface area contributed by atoms with Gasteiger partial charge in [-0.2, -0.15) is 13.2 Å². The molecule has 0 radical (unpaired) electrons. The molecule has 7 heteroatoms. The molecule has 1 aromatic heterocycles. The molecule has 3 aromatic rings. The summed E-state index contributed by atoms with van der Waals surface area (Å²) in [5.74, 6) is 0.332. The van der Waals surface area contributed by atoms with E-state index in [4.69, 9.17) is 0 Å². The lowest BCUT2D eigenvalue weighted by Gasteiger charge is -2.19. The zero-order chi connectivity index (χ0) is 19.7. The Hall–Kier alpha value is -3.09. The van der Waals surface area contributed by atoms with Crippen molar-refractivity contribution >= 4 is 22.5 Å². The van der Waals surface area contributed by atoms with E-state index in [0.717, 1.165) is 23.0 Å². The van der Waals surface area contributed by atoms with E-state index in [9.17, 15) is 18.0 Å². The Balaban J connectivity index is 1.44. The highest BCUT2D eigenvalue weighted by atomic mass is 19.4. The first-order valence-corrected chi connectivity index (χ1v) is 8.98. The van der Waals surface area contributed by atoms with Crippen molar-refractivity contribution in [1.82, 2.24) is 10.3 Å². The Morgan fingerprint density at radius 1 is 1.07 bits per heavy atom. The molecule has 0 saturated carbocycles. The van der Waals surface area contributed by atoms with Crippen molar-refractivity contribution in [2.45, 2.75) is 18.6 Å². The summed E-state index contributed by atoms with van der Waals surface area (Å²) in [6.45, 7) is 1.13. The van der Waals surface area contributed by atoms with Crippen molar-refractivity contribution in [3.05, 3.63) is 71.9 Å². The second-order valence-electron chi connectivity index (χ2n) is 6.83. The molecule has 1 unspecified atom stereocenters. The third kappa shape index (κ3) is 3.65. The molecule has 144 valence electrons. The summed E-state index contributed by atoms with van der Waals surface area (Å²) in [7, 11) is 0. The molecule has 1 amide bonds. The van der Waals surface area contributed by atoms with E-state index in [1.807, 2.05) is 41.3 Å². The molecule has 0 aliphatic carbocycles. The third-order valence-electron chi connectivity index (χ3n) is 4.96. The maximum absolute atomic E-state index is 12.7. The van der Waals surface area contributed by atoms with Gasteiger partial charge in [-0.1, -0.05) is 36.4 Å². The van der Waals surface area contributed by atoms with Crippen LogP contribution < -0.4 is 10.2 Å². The van der Waals surface area contributed by atoms with Gasteiger partial charge in [-0.25, -0.2) is 4.98 Å². The fourth-order valence-corrected chi connectivity index (χ4v) is 3.51. The zero-order valence-electron chi connectivity index (χ0n) is 14.9. The number of amides is 1. The van der Waals surface area contributed by atoms with Gasteiger partial charge in [0.2, 0.25) is 0 Å². The number of halogens is 3. The molecule has 2 heterocycles. The standard InChI is InChI=1S/C21H18F3N3O/c22-21(23,24)15-8-9-19(25-12-15)27-11-10-16(13-27)26-20(28)18-7-3-5-14-4-1-2-6-17(14)18/h1-9,12,16H,10-11,13H2,(H,26,28). The summed E-state index contributed by atoms with van der Waals surface area (Å²) >= 11 is 0. The van der Waals surface area contributed by atoms with Crippen molar-refractivity contribution in [2.75, 3.05) is 18.0 Å². The lowest BCUT2D eigenvalue weighted by molar-refractivity contribution is -0.137. The highest BCUT2D eigenvalue weighted by molar-refractivity contribution is 6.07. The van der Waals surface area contributed by atoms with E-state index in [1.54, 1.807) is 6.07 Å². The van der Waals surface area contributed by atoms with Gasteiger partial charge in [-0.05, 0) is 35.4 Å². The summed E-state index contributed by atoms with van der Waals surface area (Å²) in [6, 6.07) is 15.6. The molecule has 4 nitrogen and oxygen atoms in total. The largest absolute Gasteiger partial charge is 0.417 e. The minimum atomic E-state index is -4.40. The van der Waals surface area contributed by atoms with Crippen LogP contribution in [0, 0.1) is 0 Å². The fraction of sp³-hybridized carbons (Fsp3) is 0.238. The second kappa shape index (κ2) is 7.14. The van der Waals surface area contributed by atoms with E-state index >= 15 is 0 Å². The van der Waals surface area contributed by atoms with Crippen LogP contribution in [-0.4, -0.2) is 30.0 Å². The van der Waals surface area contributed by atoms with Crippen LogP contribution in [0.2, 0.25) is 0 Å². The van der Waals surface area contributed by atoms with Gasteiger partial charge in [0, 0.05) is 30.9 Å². The Morgan fingerprint density at radius 2 is 1.86 bits per heavy atom. The molecule has 1 saturated heterocycles. The number of pyridine rings is 1. The van der Waals surface area contributed by atoms with Crippen LogP contribution in [0.5, 0.6) is 0 Å². The monoisotopic (exact) mass is 385 g/mol. The van der Waals surface area contributed by atoms with Crippen molar-refractivity contribution in [3.63, 3.8) is 0 Å². The van der Waals surface area contributed by atoms with Crippen molar-refractivity contribution in [3.8, 4) is 0 Å². The van der Waals surface area contributed by atoms with Gasteiger partial charge in [0.15, 0.2) is 0 Å². The Labute approximate surface area is 160 Å². The first-order chi connectivity index (χ1) is 13.4. The fourth-order valence-electron chi connectivity index (χ4n) is 3.51. The van der Waals surface area contributed by atoms with E-state index in [-0.39, 0.29) is 11.9 Å². The molecule has 2 aromatic carbocycles. The SMILES string of the molecule is O=C(NC1CCN(c2ccc(C(F)(F)F)cn2)C1)c1cccc2ccccc12. The number of benzene rings is 2. The van der Waals surface area contributed by atoms with E-state index in [2.05, 4.69) is 10.3 Å². The first-order valence-electron chi connectivity index (χ1n) is 8.98. The smallest absolute Gasteiger partial charge is 0.354 e. The molecule has 0 spiro atoms. The van der Waals surface area contributed by atoms with E-state index in [1.165, 1.54) is 6.07 Å². The van der Waals surface area contributed by atoms with Crippen LogP contribution in [0.15, 0.2) is 60.8 Å². The van der Waals surface area contributed by atoms with Crippen molar-refractivity contribution in [1.29, 1.82) is 0 Å². The molecule has 0 bridgehead atoms. The maximum Gasteiger partial charge on any atom is 0.417 e. The van der Waals surface area contributed by atoms with E-state index < -0.39 is 11.7 Å². The first kappa shape index (κ1) is 18.3. The summed E-state index contributed by atoms with van der Waals surface area (Å²) in [5.41, 5.74) is -0.152. The Bertz CT molecular complexity index is 996. The topological polar surface area (TPSA) is 45.2 Å². The van der Waals surface area contributed by atoms with Gasteiger partial charge in [0.25, 0.3) is 5.91 Å². The highest BCUT2D eigenvalue weighted by Gasteiger charge is 2.31. The van der Waals surface area contributed by atoms with Gasteiger partial charge < -0.3 is 10.2 Å². The molecule has 1 atom stereocenters. The van der Waals surface area contributed by atoms with Crippen molar-refractivity contribution in [2.24, 2.45) is 0 Å². The van der Waals surface area contributed by atoms with Crippen LogP contribution in [0.25, 0.3) is 10.8 Å². The van der Waals surface area contributed by atoms with Crippen LogP contribution in [-0.2, 0) is 6.18 Å². The average Bonchev–Trinajstić information content (AvgIpc) is 3.15.